The summed E-state index contributed by atoms with van der Waals surface area (Å²) < 4.78 is 31.8. The molecule has 0 aromatic heterocycles. The third kappa shape index (κ3) is 6.26. The number of benzene rings is 1. The third-order valence-electron chi connectivity index (χ3n) is 4.09. The van der Waals surface area contributed by atoms with Crippen molar-refractivity contribution in [1.29, 1.82) is 0 Å². The number of hydrogen-bond acceptors (Lipinski definition) is 10. The molecule has 1 heterocycles. The highest BCUT2D eigenvalue weighted by Crippen LogP contribution is 2.30. The van der Waals surface area contributed by atoms with Crippen LogP contribution in [0.3, 0.4) is 0 Å². The van der Waals surface area contributed by atoms with Crippen LogP contribution >= 0.6 is 0 Å². The minimum Gasteiger partial charge on any atom is -0.467 e. The first kappa shape index (κ1) is 23.3. The van der Waals surface area contributed by atoms with Crippen LogP contribution in [0.1, 0.15) is 26.3 Å². The predicted molar refractivity (Wildman–Crippen MR) is 98.6 cm³/mol. The minimum absolute atomic E-state index is 0.0438. The lowest BCUT2D eigenvalue weighted by molar-refractivity contribution is -0.304. The molecule has 0 radical (unpaired) electrons. The van der Waals surface area contributed by atoms with Crippen molar-refractivity contribution in [2.75, 3.05) is 7.11 Å². The standard InChI is InChI=1S/C20H24O10/c1-11(21)27-15-16(28-12(2)22)18(29-13(3)23)20(30-17(15)19(24)25-4)26-10-14-8-6-5-7-9-14/h5-9,15-18,20H,10H2,1-4H3/t15-,16?,17?,18?,20+/m0/s1. The molecule has 0 bridgehead atoms. The molecule has 0 aliphatic carbocycles. The quantitative estimate of drug-likeness (QED) is 0.460. The fraction of sp³-hybridized carbons (Fsp3) is 0.500. The molecule has 0 amide bonds. The van der Waals surface area contributed by atoms with Crippen molar-refractivity contribution in [3.63, 3.8) is 0 Å². The number of carbonyl (C=O) groups is 4. The Balaban J connectivity index is 2.39. The van der Waals surface area contributed by atoms with Crippen molar-refractivity contribution in [3.8, 4) is 0 Å². The second-order valence-corrected chi connectivity index (χ2v) is 6.47. The SMILES string of the molecule is COC(=O)C1O[C@@H](OCc2ccccc2)C(OC(C)=O)C(OC(C)=O)[C@@H]1OC(C)=O. The van der Waals surface area contributed by atoms with Crippen LogP contribution in [0.15, 0.2) is 30.3 Å². The van der Waals surface area contributed by atoms with Crippen LogP contribution in [-0.4, -0.2) is 61.7 Å². The van der Waals surface area contributed by atoms with Gasteiger partial charge in [0.25, 0.3) is 0 Å². The van der Waals surface area contributed by atoms with E-state index in [0.29, 0.717) is 0 Å². The lowest BCUT2D eigenvalue weighted by Crippen LogP contribution is -2.63. The van der Waals surface area contributed by atoms with Gasteiger partial charge in [0.05, 0.1) is 13.7 Å². The molecule has 5 atom stereocenters. The van der Waals surface area contributed by atoms with E-state index >= 15 is 0 Å². The van der Waals surface area contributed by atoms with Crippen LogP contribution in [0, 0.1) is 0 Å². The highest BCUT2D eigenvalue weighted by atomic mass is 16.7. The van der Waals surface area contributed by atoms with E-state index in [1.807, 2.05) is 6.07 Å². The zero-order chi connectivity index (χ0) is 22.3. The first-order valence-electron chi connectivity index (χ1n) is 9.13. The second kappa shape index (κ2) is 10.7. The van der Waals surface area contributed by atoms with Crippen LogP contribution in [0.5, 0.6) is 0 Å². The first-order valence-corrected chi connectivity index (χ1v) is 9.13. The predicted octanol–water partition coefficient (Wildman–Crippen LogP) is 0.896. The van der Waals surface area contributed by atoms with Crippen molar-refractivity contribution in [1.82, 2.24) is 0 Å². The van der Waals surface area contributed by atoms with Crippen molar-refractivity contribution >= 4 is 23.9 Å². The molecule has 2 rings (SSSR count). The van der Waals surface area contributed by atoms with Crippen molar-refractivity contribution in [2.45, 2.75) is 58.1 Å². The normalized spacial score (nSPS) is 25.7. The molecule has 30 heavy (non-hydrogen) atoms. The molecule has 10 nitrogen and oxygen atoms in total. The summed E-state index contributed by atoms with van der Waals surface area (Å²) in [6, 6.07) is 9.04. The van der Waals surface area contributed by atoms with Crippen LogP contribution < -0.4 is 0 Å². The average Bonchev–Trinajstić information content (AvgIpc) is 2.68. The molecule has 10 heteroatoms. The number of esters is 4. The number of hydrogen-bond donors (Lipinski definition) is 0. The van der Waals surface area contributed by atoms with Crippen LogP contribution in [0.2, 0.25) is 0 Å². The van der Waals surface area contributed by atoms with Crippen molar-refractivity contribution in [2.24, 2.45) is 0 Å². The van der Waals surface area contributed by atoms with Gasteiger partial charge in [0.2, 0.25) is 0 Å². The average molecular weight is 424 g/mol. The molecule has 0 N–H and O–H groups in total. The van der Waals surface area contributed by atoms with Crippen LogP contribution in [0.25, 0.3) is 0 Å². The summed E-state index contributed by atoms with van der Waals surface area (Å²) in [5, 5.41) is 0. The van der Waals surface area contributed by atoms with Crippen LogP contribution in [0.4, 0.5) is 0 Å². The monoisotopic (exact) mass is 424 g/mol. The Morgan fingerprint density at radius 2 is 1.37 bits per heavy atom. The van der Waals surface area contributed by atoms with Gasteiger partial charge in [0.1, 0.15) is 0 Å². The smallest absolute Gasteiger partial charge is 0.339 e. The molecule has 1 aromatic carbocycles. The van der Waals surface area contributed by atoms with E-state index in [-0.39, 0.29) is 6.61 Å². The zero-order valence-corrected chi connectivity index (χ0v) is 17.1. The van der Waals surface area contributed by atoms with E-state index in [2.05, 4.69) is 0 Å². The summed E-state index contributed by atoms with van der Waals surface area (Å²) in [5.74, 6) is -3.11. The fourth-order valence-electron chi connectivity index (χ4n) is 2.97. The summed E-state index contributed by atoms with van der Waals surface area (Å²) in [4.78, 5) is 47.3. The Morgan fingerprint density at radius 1 is 0.833 bits per heavy atom. The molecule has 1 saturated heterocycles. The Morgan fingerprint density at radius 3 is 1.90 bits per heavy atom. The highest BCUT2D eigenvalue weighted by Gasteiger charge is 2.55. The molecule has 164 valence electrons. The second-order valence-electron chi connectivity index (χ2n) is 6.47. The number of rotatable bonds is 7. The Kier molecular flexibility index (Phi) is 8.31. The molecule has 0 saturated carbocycles. The molecule has 1 aliphatic rings. The maximum absolute atomic E-state index is 12.3. The minimum atomic E-state index is -1.48. The van der Waals surface area contributed by atoms with E-state index in [0.717, 1.165) is 33.4 Å². The summed E-state index contributed by atoms with van der Waals surface area (Å²) in [5.41, 5.74) is 0.781. The molecular formula is C20H24O10. The van der Waals surface area contributed by atoms with Gasteiger partial charge in [-0.25, -0.2) is 4.79 Å². The van der Waals surface area contributed by atoms with Gasteiger partial charge < -0.3 is 28.4 Å². The van der Waals surface area contributed by atoms with Crippen molar-refractivity contribution < 1.29 is 47.6 Å². The molecule has 1 aliphatic heterocycles. The third-order valence-corrected chi connectivity index (χ3v) is 4.09. The summed E-state index contributed by atoms with van der Waals surface area (Å²) in [7, 11) is 1.12. The Hall–Kier alpha value is -2.98. The van der Waals surface area contributed by atoms with Gasteiger partial charge in [-0.05, 0) is 5.56 Å². The lowest BCUT2D eigenvalue weighted by atomic mass is 9.97. The van der Waals surface area contributed by atoms with Gasteiger partial charge in [-0.1, -0.05) is 30.3 Å². The van der Waals surface area contributed by atoms with Gasteiger partial charge in [0, 0.05) is 20.8 Å². The topological polar surface area (TPSA) is 124 Å². The molecular weight excluding hydrogens is 400 g/mol. The van der Waals surface area contributed by atoms with Gasteiger partial charge in [-0.3, -0.25) is 14.4 Å². The van der Waals surface area contributed by atoms with Gasteiger partial charge in [-0.15, -0.1) is 0 Å². The Labute approximate surface area is 173 Å². The van der Waals surface area contributed by atoms with E-state index < -0.39 is 54.6 Å². The molecule has 0 spiro atoms. The Bertz CT molecular complexity index is 762. The fourth-order valence-corrected chi connectivity index (χ4v) is 2.97. The molecule has 1 aromatic rings. The highest BCUT2D eigenvalue weighted by molar-refractivity contribution is 5.77. The van der Waals surface area contributed by atoms with E-state index in [1.165, 1.54) is 0 Å². The van der Waals surface area contributed by atoms with Crippen molar-refractivity contribution in [3.05, 3.63) is 35.9 Å². The molecule has 3 unspecified atom stereocenters. The number of ether oxygens (including phenoxy) is 6. The molecule has 1 fully saturated rings. The first-order chi connectivity index (χ1) is 14.2. The van der Waals surface area contributed by atoms with Gasteiger partial charge >= 0.3 is 23.9 Å². The van der Waals surface area contributed by atoms with Crippen LogP contribution in [-0.2, 0) is 54.2 Å². The number of methoxy groups -OCH3 is 1. The zero-order valence-electron chi connectivity index (χ0n) is 17.1. The number of carbonyl (C=O) groups excluding carboxylic acids is 4. The van der Waals surface area contributed by atoms with Gasteiger partial charge in [0.15, 0.2) is 30.7 Å². The summed E-state index contributed by atoms with van der Waals surface area (Å²) in [6.45, 7) is 3.42. The maximum Gasteiger partial charge on any atom is 0.339 e. The summed E-state index contributed by atoms with van der Waals surface area (Å²) >= 11 is 0. The largest absolute Gasteiger partial charge is 0.467 e. The van der Waals surface area contributed by atoms with E-state index in [1.54, 1.807) is 24.3 Å². The maximum atomic E-state index is 12.3. The van der Waals surface area contributed by atoms with E-state index in [4.69, 9.17) is 28.4 Å². The van der Waals surface area contributed by atoms with E-state index in [9.17, 15) is 19.2 Å². The van der Waals surface area contributed by atoms with Gasteiger partial charge in [-0.2, -0.15) is 0 Å². The summed E-state index contributed by atoms with van der Waals surface area (Å²) in [6.07, 6.45) is -6.88. The lowest BCUT2D eigenvalue weighted by Gasteiger charge is -2.43.